The van der Waals surface area contributed by atoms with Crippen molar-refractivity contribution in [2.24, 2.45) is 5.92 Å². The Labute approximate surface area is 157 Å². The lowest BCUT2D eigenvalue weighted by Crippen LogP contribution is -2.49. The lowest BCUT2D eigenvalue weighted by Gasteiger charge is -2.22. The second kappa shape index (κ2) is 8.93. The monoisotopic (exact) mass is 369 g/mol. The van der Waals surface area contributed by atoms with Crippen molar-refractivity contribution in [3.63, 3.8) is 0 Å². The number of hydrogen-bond donors (Lipinski definition) is 2. The van der Waals surface area contributed by atoms with Crippen molar-refractivity contribution in [1.29, 1.82) is 0 Å². The molecule has 0 aliphatic carbocycles. The number of hydrogen-bond acceptors (Lipinski definition) is 4. The van der Waals surface area contributed by atoms with Crippen LogP contribution in [0.2, 0.25) is 0 Å². The van der Waals surface area contributed by atoms with Crippen molar-refractivity contribution in [3.8, 4) is 0 Å². The molecular formula is C20H23N3O4. The summed E-state index contributed by atoms with van der Waals surface area (Å²) >= 11 is 0. The van der Waals surface area contributed by atoms with Gasteiger partial charge in [0.25, 0.3) is 11.6 Å². The Morgan fingerprint density at radius 1 is 1.07 bits per heavy atom. The van der Waals surface area contributed by atoms with Crippen LogP contribution in [0.15, 0.2) is 48.5 Å². The summed E-state index contributed by atoms with van der Waals surface area (Å²) in [6, 6.07) is 12.5. The number of amides is 2. The summed E-state index contributed by atoms with van der Waals surface area (Å²) in [6.07, 6.45) is 0. The number of benzene rings is 2. The summed E-state index contributed by atoms with van der Waals surface area (Å²) in [5.74, 6) is -0.697. The molecular weight excluding hydrogens is 346 g/mol. The van der Waals surface area contributed by atoms with Crippen LogP contribution < -0.4 is 10.6 Å². The molecule has 0 saturated carbocycles. The molecule has 7 heteroatoms. The van der Waals surface area contributed by atoms with Gasteiger partial charge >= 0.3 is 0 Å². The highest BCUT2D eigenvalue weighted by molar-refractivity contribution is 5.98. The van der Waals surface area contributed by atoms with Crippen molar-refractivity contribution in [2.45, 2.75) is 33.4 Å². The SMILES string of the molecule is Cc1ccccc1C(=O)NC(C(=O)NCc1ccc([N+](=O)[O-])cc1)C(C)C. The molecule has 7 nitrogen and oxygen atoms in total. The summed E-state index contributed by atoms with van der Waals surface area (Å²) in [6.45, 7) is 5.77. The van der Waals surface area contributed by atoms with Gasteiger partial charge in [-0.3, -0.25) is 19.7 Å². The molecule has 0 radical (unpaired) electrons. The third-order valence-corrected chi connectivity index (χ3v) is 4.24. The molecule has 0 aliphatic rings. The number of carbonyl (C=O) groups is 2. The first kappa shape index (κ1) is 20.1. The maximum Gasteiger partial charge on any atom is 0.269 e. The molecule has 2 aromatic rings. The minimum Gasteiger partial charge on any atom is -0.350 e. The second-order valence-corrected chi connectivity index (χ2v) is 6.65. The van der Waals surface area contributed by atoms with Crippen molar-refractivity contribution >= 4 is 17.5 Å². The van der Waals surface area contributed by atoms with E-state index in [1.165, 1.54) is 12.1 Å². The first-order chi connectivity index (χ1) is 12.8. The highest BCUT2D eigenvalue weighted by Crippen LogP contribution is 2.12. The molecule has 2 rings (SSSR count). The number of nitrogens with one attached hydrogen (secondary N) is 2. The quantitative estimate of drug-likeness (QED) is 0.579. The van der Waals surface area contributed by atoms with E-state index in [2.05, 4.69) is 10.6 Å². The van der Waals surface area contributed by atoms with E-state index in [4.69, 9.17) is 0 Å². The van der Waals surface area contributed by atoms with Crippen molar-refractivity contribution in [1.82, 2.24) is 10.6 Å². The Morgan fingerprint density at radius 3 is 2.26 bits per heavy atom. The summed E-state index contributed by atoms with van der Waals surface area (Å²) in [4.78, 5) is 35.3. The Balaban J connectivity index is 2.01. The van der Waals surface area contributed by atoms with Gasteiger partial charge in [-0.05, 0) is 30.0 Å². The Bertz CT molecular complexity index is 831. The fourth-order valence-corrected chi connectivity index (χ4v) is 2.62. The van der Waals surface area contributed by atoms with Crippen LogP contribution in [-0.4, -0.2) is 22.8 Å². The standard InChI is InChI=1S/C20H23N3O4/c1-13(2)18(22-19(24)17-7-5-4-6-14(17)3)20(25)21-12-15-8-10-16(11-9-15)23(26)27/h4-11,13,18H,12H2,1-3H3,(H,21,25)(H,22,24). The maximum atomic E-state index is 12.6. The number of nitrogens with zero attached hydrogens (tertiary/aromatic N) is 1. The van der Waals surface area contributed by atoms with E-state index >= 15 is 0 Å². The van der Waals surface area contributed by atoms with E-state index in [9.17, 15) is 19.7 Å². The number of nitro groups is 1. The Kier molecular flexibility index (Phi) is 6.65. The van der Waals surface area contributed by atoms with Crippen LogP contribution in [0.25, 0.3) is 0 Å². The van der Waals surface area contributed by atoms with Gasteiger partial charge in [-0.1, -0.05) is 44.2 Å². The van der Waals surface area contributed by atoms with Crippen molar-refractivity contribution < 1.29 is 14.5 Å². The highest BCUT2D eigenvalue weighted by Gasteiger charge is 2.25. The van der Waals surface area contributed by atoms with Gasteiger partial charge in [-0.2, -0.15) is 0 Å². The summed E-state index contributed by atoms with van der Waals surface area (Å²) < 4.78 is 0. The smallest absolute Gasteiger partial charge is 0.269 e. The number of rotatable bonds is 7. The van der Waals surface area contributed by atoms with Gasteiger partial charge in [-0.25, -0.2) is 0 Å². The molecule has 0 aromatic heterocycles. The average Bonchev–Trinajstić information content (AvgIpc) is 2.64. The molecule has 2 amide bonds. The van der Waals surface area contributed by atoms with E-state index < -0.39 is 11.0 Å². The predicted octanol–water partition coefficient (Wildman–Crippen LogP) is 2.97. The second-order valence-electron chi connectivity index (χ2n) is 6.65. The lowest BCUT2D eigenvalue weighted by molar-refractivity contribution is -0.384. The molecule has 27 heavy (non-hydrogen) atoms. The van der Waals surface area contributed by atoms with Crippen LogP contribution >= 0.6 is 0 Å². The highest BCUT2D eigenvalue weighted by atomic mass is 16.6. The molecule has 0 saturated heterocycles. The van der Waals surface area contributed by atoms with Gasteiger partial charge in [-0.15, -0.1) is 0 Å². The van der Waals surface area contributed by atoms with Crippen molar-refractivity contribution in [2.75, 3.05) is 0 Å². The van der Waals surface area contributed by atoms with Gasteiger partial charge in [0.2, 0.25) is 5.91 Å². The molecule has 142 valence electrons. The Hall–Kier alpha value is -3.22. The van der Waals surface area contributed by atoms with Crippen LogP contribution in [0.3, 0.4) is 0 Å². The minimum absolute atomic E-state index is 0.00405. The van der Waals surface area contributed by atoms with Crippen LogP contribution in [0.4, 0.5) is 5.69 Å². The minimum atomic E-state index is -0.685. The van der Waals surface area contributed by atoms with Gasteiger partial charge in [0, 0.05) is 24.2 Å². The normalized spacial score (nSPS) is 11.7. The van der Waals surface area contributed by atoms with Crippen LogP contribution in [0.1, 0.15) is 35.3 Å². The van der Waals surface area contributed by atoms with E-state index in [1.54, 1.807) is 24.3 Å². The molecule has 1 unspecified atom stereocenters. The lowest BCUT2D eigenvalue weighted by atomic mass is 10.0. The molecule has 2 N–H and O–H groups in total. The topological polar surface area (TPSA) is 101 Å². The zero-order chi connectivity index (χ0) is 20.0. The van der Waals surface area contributed by atoms with Gasteiger partial charge in [0.05, 0.1) is 4.92 Å². The largest absolute Gasteiger partial charge is 0.350 e. The van der Waals surface area contributed by atoms with Gasteiger partial charge < -0.3 is 10.6 Å². The van der Waals surface area contributed by atoms with E-state index in [0.29, 0.717) is 5.56 Å². The van der Waals surface area contributed by atoms with E-state index in [1.807, 2.05) is 32.9 Å². The molecule has 1 atom stereocenters. The first-order valence-electron chi connectivity index (χ1n) is 8.67. The third kappa shape index (κ3) is 5.37. The number of carbonyl (C=O) groups excluding carboxylic acids is 2. The van der Waals surface area contributed by atoms with Crippen LogP contribution in [0, 0.1) is 23.0 Å². The fraction of sp³-hybridized carbons (Fsp3) is 0.300. The third-order valence-electron chi connectivity index (χ3n) is 4.24. The predicted molar refractivity (Wildman–Crippen MR) is 102 cm³/mol. The summed E-state index contributed by atoms with van der Waals surface area (Å²) in [5.41, 5.74) is 2.10. The molecule has 0 bridgehead atoms. The fourth-order valence-electron chi connectivity index (χ4n) is 2.62. The van der Waals surface area contributed by atoms with E-state index in [0.717, 1.165) is 11.1 Å². The summed E-state index contributed by atoms with van der Waals surface area (Å²) in [7, 11) is 0. The summed E-state index contributed by atoms with van der Waals surface area (Å²) in [5, 5.41) is 16.3. The van der Waals surface area contributed by atoms with Crippen LogP contribution in [-0.2, 0) is 11.3 Å². The molecule has 0 fully saturated rings. The Morgan fingerprint density at radius 2 is 1.70 bits per heavy atom. The first-order valence-corrected chi connectivity index (χ1v) is 8.67. The number of non-ortho nitro benzene ring substituents is 1. The molecule has 0 spiro atoms. The van der Waals surface area contributed by atoms with Crippen LogP contribution in [0.5, 0.6) is 0 Å². The molecule has 2 aromatic carbocycles. The van der Waals surface area contributed by atoms with E-state index in [-0.39, 0.29) is 30.0 Å². The number of nitro benzene ring substituents is 1. The van der Waals surface area contributed by atoms with Crippen molar-refractivity contribution in [3.05, 3.63) is 75.3 Å². The average molecular weight is 369 g/mol. The molecule has 0 aliphatic heterocycles. The maximum absolute atomic E-state index is 12.6. The molecule has 0 heterocycles. The zero-order valence-electron chi connectivity index (χ0n) is 15.6. The number of aryl methyl sites for hydroxylation is 1. The van der Waals surface area contributed by atoms with Gasteiger partial charge in [0.1, 0.15) is 6.04 Å². The van der Waals surface area contributed by atoms with Gasteiger partial charge in [0.15, 0.2) is 0 Å². The zero-order valence-corrected chi connectivity index (χ0v) is 15.6.